The Hall–Kier alpha value is -2.62. The van der Waals surface area contributed by atoms with E-state index in [0.29, 0.717) is 0 Å². The van der Waals surface area contributed by atoms with Crippen molar-refractivity contribution >= 4 is 12.2 Å². The molecule has 0 saturated carbocycles. The molecule has 0 aliphatic rings. The van der Waals surface area contributed by atoms with Crippen molar-refractivity contribution in [1.82, 2.24) is 0 Å². The maximum Gasteiger partial charge on any atom is 0.129 e. The predicted molar refractivity (Wildman–Crippen MR) is 88.0 cm³/mol. The summed E-state index contributed by atoms with van der Waals surface area (Å²) in [6.07, 6.45) is 3.93. The van der Waals surface area contributed by atoms with Gasteiger partial charge in [0.25, 0.3) is 0 Å². The fourth-order valence-electron chi connectivity index (χ4n) is 2.11. The summed E-state index contributed by atoms with van der Waals surface area (Å²) in [7, 11) is 6.55. The highest BCUT2D eigenvalue weighted by Crippen LogP contribution is 2.29. The molecule has 2 aromatic carbocycles. The maximum atomic E-state index is 5.39. The highest BCUT2D eigenvalue weighted by Gasteiger charge is 2.04. The summed E-state index contributed by atoms with van der Waals surface area (Å²) < 4.78 is 21.2. The summed E-state index contributed by atoms with van der Waals surface area (Å²) in [5.41, 5.74) is 1.88. The smallest absolute Gasteiger partial charge is 0.129 e. The standard InChI is InChI=1S/C18H20O4/c1-19-15-9-10-17(21-3)14(11-15)6-5-13-7-8-16(20-2)12-18(13)22-4/h5-12H,1-4H3/b6-5+. The second kappa shape index (κ2) is 7.41. The Balaban J connectivity index is 2.35. The first kappa shape index (κ1) is 15.8. The van der Waals surface area contributed by atoms with Crippen molar-refractivity contribution in [3.63, 3.8) is 0 Å². The summed E-state index contributed by atoms with van der Waals surface area (Å²) in [5, 5.41) is 0. The van der Waals surface area contributed by atoms with Crippen LogP contribution in [0.4, 0.5) is 0 Å². The third kappa shape index (κ3) is 3.52. The highest BCUT2D eigenvalue weighted by atomic mass is 16.5. The lowest BCUT2D eigenvalue weighted by atomic mass is 10.1. The van der Waals surface area contributed by atoms with Gasteiger partial charge in [-0.25, -0.2) is 0 Å². The zero-order chi connectivity index (χ0) is 15.9. The van der Waals surface area contributed by atoms with Crippen LogP contribution in [0.5, 0.6) is 23.0 Å². The van der Waals surface area contributed by atoms with Crippen molar-refractivity contribution in [2.24, 2.45) is 0 Å². The van der Waals surface area contributed by atoms with Gasteiger partial charge < -0.3 is 18.9 Å². The molecule has 22 heavy (non-hydrogen) atoms. The number of ether oxygens (including phenoxy) is 4. The normalized spacial score (nSPS) is 10.5. The van der Waals surface area contributed by atoms with E-state index in [1.807, 2.05) is 48.6 Å². The van der Waals surface area contributed by atoms with Gasteiger partial charge in [-0.05, 0) is 30.3 Å². The van der Waals surface area contributed by atoms with Crippen LogP contribution in [0.15, 0.2) is 36.4 Å². The number of hydrogen-bond donors (Lipinski definition) is 0. The average molecular weight is 300 g/mol. The highest BCUT2D eigenvalue weighted by molar-refractivity contribution is 5.76. The van der Waals surface area contributed by atoms with Gasteiger partial charge in [-0.2, -0.15) is 0 Å². The Kier molecular flexibility index (Phi) is 5.31. The minimum Gasteiger partial charge on any atom is -0.497 e. The molecule has 116 valence electrons. The van der Waals surface area contributed by atoms with Gasteiger partial charge in [0.2, 0.25) is 0 Å². The molecule has 0 N–H and O–H groups in total. The van der Waals surface area contributed by atoms with Gasteiger partial charge in [-0.15, -0.1) is 0 Å². The third-order valence-electron chi connectivity index (χ3n) is 3.32. The molecule has 0 heterocycles. The Morgan fingerprint density at radius 2 is 1.18 bits per heavy atom. The van der Waals surface area contributed by atoms with Gasteiger partial charge in [-0.1, -0.05) is 12.2 Å². The van der Waals surface area contributed by atoms with Crippen LogP contribution in [0.2, 0.25) is 0 Å². The van der Waals surface area contributed by atoms with Gasteiger partial charge in [0.05, 0.1) is 28.4 Å². The number of rotatable bonds is 6. The zero-order valence-electron chi connectivity index (χ0n) is 13.3. The summed E-state index contributed by atoms with van der Waals surface area (Å²) in [6, 6.07) is 11.4. The Morgan fingerprint density at radius 3 is 1.82 bits per heavy atom. The van der Waals surface area contributed by atoms with Gasteiger partial charge in [0, 0.05) is 17.2 Å². The molecule has 4 nitrogen and oxygen atoms in total. The van der Waals surface area contributed by atoms with E-state index in [1.165, 1.54) is 0 Å². The topological polar surface area (TPSA) is 36.9 Å². The lowest BCUT2D eigenvalue weighted by molar-refractivity contribution is 0.394. The molecule has 0 radical (unpaired) electrons. The molecule has 0 aromatic heterocycles. The SMILES string of the molecule is COc1ccc(OC)c(/C=C/c2ccc(OC)cc2OC)c1. The minimum atomic E-state index is 0.748. The molecule has 0 aliphatic heterocycles. The second-order valence-electron chi connectivity index (χ2n) is 4.55. The lowest BCUT2D eigenvalue weighted by Crippen LogP contribution is -1.90. The van der Waals surface area contributed by atoms with Crippen molar-refractivity contribution in [2.45, 2.75) is 0 Å². The molecule has 0 fully saturated rings. The van der Waals surface area contributed by atoms with Crippen LogP contribution in [0.1, 0.15) is 11.1 Å². The van der Waals surface area contributed by atoms with E-state index in [2.05, 4.69) is 0 Å². The van der Waals surface area contributed by atoms with E-state index in [-0.39, 0.29) is 0 Å². The van der Waals surface area contributed by atoms with Gasteiger partial charge >= 0.3 is 0 Å². The van der Waals surface area contributed by atoms with Crippen molar-refractivity contribution in [3.05, 3.63) is 47.5 Å². The summed E-state index contributed by atoms with van der Waals surface area (Å²) in [4.78, 5) is 0. The van der Waals surface area contributed by atoms with Crippen LogP contribution >= 0.6 is 0 Å². The van der Waals surface area contributed by atoms with Crippen LogP contribution in [0, 0.1) is 0 Å². The average Bonchev–Trinajstić information content (AvgIpc) is 2.59. The van der Waals surface area contributed by atoms with Crippen molar-refractivity contribution in [3.8, 4) is 23.0 Å². The molecule has 0 unspecified atom stereocenters. The summed E-state index contributed by atoms with van der Waals surface area (Å²) in [6.45, 7) is 0. The van der Waals surface area contributed by atoms with E-state index in [1.54, 1.807) is 28.4 Å². The third-order valence-corrected chi connectivity index (χ3v) is 3.32. The maximum absolute atomic E-state index is 5.39. The van der Waals surface area contributed by atoms with Crippen molar-refractivity contribution in [1.29, 1.82) is 0 Å². The first-order valence-corrected chi connectivity index (χ1v) is 6.84. The predicted octanol–water partition coefficient (Wildman–Crippen LogP) is 3.89. The largest absolute Gasteiger partial charge is 0.497 e. The second-order valence-corrected chi connectivity index (χ2v) is 4.55. The first-order chi connectivity index (χ1) is 10.7. The zero-order valence-corrected chi connectivity index (χ0v) is 13.3. The molecule has 0 bridgehead atoms. The summed E-state index contributed by atoms with van der Waals surface area (Å²) in [5.74, 6) is 3.07. The molecule has 0 spiro atoms. The van der Waals surface area contributed by atoms with Gasteiger partial charge in [0.1, 0.15) is 23.0 Å². The van der Waals surface area contributed by atoms with Gasteiger partial charge in [-0.3, -0.25) is 0 Å². The van der Waals surface area contributed by atoms with Crippen LogP contribution in [-0.4, -0.2) is 28.4 Å². The van der Waals surface area contributed by atoms with Crippen molar-refractivity contribution < 1.29 is 18.9 Å². The fourth-order valence-corrected chi connectivity index (χ4v) is 2.11. The molecule has 2 rings (SSSR count). The van der Waals surface area contributed by atoms with E-state index >= 15 is 0 Å². The molecule has 0 atom stereocenters. The van der Waals surface area contributed by atoms with Crippen LogP contribution in [-0.2, 0) is 0 Å². The Bertz CT molecular complexity index is 662. The summed E-state index contributed by atoms with van der Waals surface area (Å²) >= 11 is 0. The molecule has 2 aromatic rings. The molecule has 0 aliphatic carbocycles. The molecule has 0 saturated heterocycles. The minimum absolute atomic E-state index is 0.748. The van der Waals surface area contributed by atoms with Crippen molar-refractivity contribution in [2.75, 3.05) is 28.4 Å². The van der Waals surface area contributed by atoms with Gasteiger partial charge in [0.15, 0.2) is 0 Å². The molecule has 0 amide bonds. The lowest BCUT2D eigenvalue weighted by Gasteiger charge is -2.09. The first-order valence-electron chi connectivity index (χ1n) is 6.84. The molecule has 4 heteroatoms. The van der Waals surface area contributed by atoms with E-state index in [0.717, 1.165) is 34.1 Å². The molecular weight excluding hydrogens is 280 g/mol. The van der Waals surface area contributed by atoms with E-state index < -0.39 is 0 Å². The molecular formula is C18H20O4. The van der Waals surface area contributed by atoms with E-state index in [9.17, 15) is 0 Å². The number of benzene rings is 2. The Labute approximate surface area is 130 Å². The number of hydrogen-bond acceptors (Lipinski definition) is 4. The number of methoxy groups -OCH3 is 4. The van der Waals surface area contributed by atoms with Crippen LogP contribution < -0.4 is 18.9 Å². The van der Waals surface area contributed by atoms with Crippen LogP contribution in [0.25, 0.3) is 12.2 Å². The fraction of sp³-hybridized carbons (Fsp3) is 0.222. The monoisotopic (exact) mass is 300 g/mol. The Morgan fingerprint density at radius 1 is 0.591 bits per heavy atom. The quantitative estimate of drug-likeness (QED) is 0.758. The van der Waals surface area contributed by atoms with Crippen LogP contribution in [0.3, 0.4) is 0 Å². The van der Waals surface area contributed by atoms with E-state index in [4.69, 9.17) is 18.9 Å².